The third-order valence-corrected chi connectivity index (χ3v) is 7.64. The first-order valence-electron chi connectivity index (χ1n) is 5.18. The molecule has 0 spiro atoms. The van der Waals surface area contributed by atoms with E-state index in [9.17, 15) is 0 Å². The van der Waals surface area contributed by atoms with Crippen LogP contribution in [-0.2, 0) is 0 Å². The maximum Gasteiger partial charge on any atom is 0.0500 e. The van der Waals surface area contributed by atoms with E-state index < -0.39 is 0 Å². The fraction of sp³-hybridized carbons (Fsp3) is 1.00. The molecule has 88 valence electrons. The molecule has 2 rings (SSSR count). The van der Waals surface area contributed by atoms with E-state index in [4.69, 9.17) is 0 Å². The second-order valence-corrected chi connectivity index (χ2v) is 8.90. The van der Waals surface area contributed by atoms with Crippen molar-refractivity contribution < 1.29 is 0 Å². The molecule has 2 saturated heterocycles. The van der Waals surface area contributed by atoms with Gasteiger partial charge in [0, 0.05) is 46.3 Å². The van der Waals surface area contributed by atoms with Gasteiger partial charge in [-0.3, -0.25) is 9.80 Å². The van der Waals surface area contributed by atoms with Gasteiger partial charge >= 0.3 is 0 Å². The average molecular weight is 283 g/mol. The number of rotatable bonds is 3. The van der Waals surface area contributed by atoms with Gasteiger partial charge < -0.3 is 0 Å². The fourth-order valence-electron chi connectivity index (χ4n) is 1.48. The summed E-state index contributed by atoms with van der Waals surface area (Å²) in [5.41, 5.74) is 0. The second-order valence-electron chi connectivity index (χ2n) is 3.73. The SMILES string of the molecule is CC1SCN(CCN2CSCSC2)CS1. The lowest BCUT2D eigenvalue weighted by atomic mass is 10.5. The van der Waals surface area contributed by atoms with Crippen LogP contribution in [0.15, 0.2) is 0 Å². The molecule has 0 aromatic heterocycles. The lowest BCUT2D eigenvalue weighted by molar-refractivity contribution is 0.290. The molecule has 6 heteroatoms. The maximum atomic E-state index is 2.57. The number of hydrogen-bond acceptors (Lipinski definition) is 6. The summed E-state index contributed by atoms with van der Waals surface area (Å²) < 4.78 is 0.794. The minimum atomic E-state index is 0.794. The molecule has 0 aromatic carbocycles. The lowest BCUT2D eigenvalue weighted by Crippen LogP contribution is -2.37. The second kappa shape index (κ2) is 6.91. The van der Waals surface area contributed by atoms with Crippen LogP contribution < -0.4 is 0 Å². The summed E-state index contributed by atoms with van der Waals surface area (Å²) >= 11 is 8.25. The Balaban J connectivity index is 1.60. The molecule has 0 N–H and O–H groups in total. The molecule has 0 unspecified atom stereocenters. The molecule has 2 nitrogen and oxygen atoms in total. The van der Waals surface area contributed by atoms with Gasteiger partial charge in [-0.1, -0.05) is 0 Å². The Hall–Kier alpha value is 1.32. The summed E-state index contributed by atoms with van der Waals surface area (Å²) in [6, 6.07) is 0. The van der Waals surface area contributed by atoms with E-state index in [1.807, 2.05) is 23.5 Å². The first-order valence-corrected chi connectivity index (χ1v) is 9.59. The van der Waals surface area contributed by atoms with Crippen molar-refractivity contribution in [1.29, 1.82) is 0 Å². The normalized spacial score (nSPS) is 27.0. The number of nitrogens with zero attached hydrogens (tertiary/aromatic N) is 2. The maximum absolute atomic E-state index is 2.57. The van der Waals surface area contributed by atoms with Crippen LogP contribution >= 0.6 is 47.0 Å². The molecule has 0 aliphatic carbocycles. The zero-order valence-electron chi connectivity index (χ0n) is 9.05. The van der Waals surface area contributed by atoms with Gasteiger partial charge in [-0.25, -0.2) is 0 Å². The van der Waals surface area contributed by atoms with Crippen molar-refractivity contribution in [3.05, 3.63) is 0 Å². The fourth-order valence-corrected chi connectivity index (χ4v) is 5.76. The van der Waals surface area contributed by atoms with Crippen molar-refractivity contribution in [1.82, 2.24) is 9.80 Å². The van der Waals surface area contributed by atoms with Crippen LogP contribution in [0.25, 0.3) is 0 Å². The predicted octanol–water partition coefficient (Wildman–Crippen LogP) is 2.68. The van der Waals surface area contributed by atoms with Crippen LogP contribution in [0, 0.1) is 0 Å². The Morgan fingerprint density at radius 2 is 1.47 bits per heavy atom. The van der Waals surface area contributed by atoms with E-state index in [-0.39, 0.29) is 0 Å². The van der Waals surface area contributed by atoms with Crippen molar-refractivity contribution in [2.24, 2.45) is 0 Å². The van der Waals surface area contributed by atoms with E-state index in [0.717, 1.165) is 4.58 Å². The highest BCUT2D eigenvalue weighted by atomic mass is 32.2. The lowest BCUT2D eigenvalue weighted by Gasteiger charge is -2.32. The molecule has 0 bridgehead atoms. The Bertz CT molecular complexity index is 179. The van der Waals surface area contributed by atoms with Gasteiger partial charge in [0.05, 0.1) is 0 Å². The molecule has 2 heterocycles. The Labute approximate surface area is 110 Å². The van der Waals surface area contributed by atoms with Crippen molar-refractivity contribution in [2.45, 2.75) is 11.5 Å². The summed E-state index contributed by atoms with van der Waals surface area (Å²) in [5.74, 6) is 4.92. The summed E-state index contributed by atoms with van der Waals surface area (Å²) in [6.45, 7) is 4.80. The molecule has 2 fully saturated rings. The van der Waals surface area contributed by atoms with Crippen molar-refractivity contribution in [3.63, 3.8) is 0 Å². The largest absolute Gasteiger partial charge is 0.284 e. The highest BCUT2D eigenvalue weighted by Crippen LogP contribution is 2.30. The Morgan fingerprint density at radius 1 is 0.933 bits per heavy atom. The summed E-state index contributed by atoms with van der Waals surface area (Å²) in [7, 11) is 0. The first-order chi connectivity index (χ1) is 7.34. The molecule has 0 aromatic rings. The van der Waals surface area contributed by atoms with Crippen LogP contribution in [0.1, 0.15) is 6.92 Å². The average Bonchev–Trinajstić information content (AvgIpc) is 2.30. The van der Waals surface area contributed by atoms with E-state index >= 15 is 0 Å². The van der Waals surface area contributed by atoms with Crippen LogP contribution in [0.3, 0.4) is 0 Å². The first kappa shape index (κ1) is 12.8. The van der Waals surface area contributed by atoms with Crippen LogP contribution in [0.5, 0.6) is 0 Å². The Kier molecular flexibility index (Phi) is 5.88. The quantitative estimate of drug-likeness (QED) is 0.779. The van der Waals surface area contributed by atoms with Gasteiger partial charge in [0.15, 0.2) is 0 Å². The van der Waals surface area contributed by atoms with Gasteiger partial charge in [-0.2, -0.15) is 0 Å². The molecule has 2 aliphatic rings. The minimum absolute atomic E-state index is 0.794. The molecular formula is C9H18N2S4. The molecule has 0 atom stereocenters. The van der Waals surface area contributed by atoms with Gasteiger partial charge in [-0.15, -0.1) is 47.0 Å². The number of hydrogen-bond donors (Lipinski definition) is 0. The van der Waals surface area contributed by atoms with Gasteiger partial charge in [-0.05, 0) is 6.92 Å². The van der Waals surface area contributed by atoms with Crippen molar-refractivity contribution in [3.8, 4) is 0 Å². The van der Waals surface area contributed by atoms with Crippen LogP contribution in [0.4, 0.5) is 0 Å². The molecule has 0 saturated carbocycles. The third-order valence-electron chi connectivity index (χ3n) is 2.43. The van der Waals surface area contributed by atoms with E-state index in [1.54, 1.807) is 0 Å². The van der Waals surface area contributed by atoms with Crippen molar-refractivity contribution >= 4 is 47.0 Å². The molecule has 0 amide bonds. The van der Waals surface area contributed by atoms with Crippen LogP contribution in [0.2, 0.25) is 0 Å². The molecular weight excluding hydrogens is 264 g/mol. The van der Waals surface area contributed by atoms with Crippen LogP contribution in [-0.4, -0.2) is 56.1 Å². The summed E-state index contributed by atoms with van der Waals surface area (Å²) in [4.78, 5) is 5.13. The van der Waals surface area contributed by atoms with Gasteiger partial charge in [0.2, 0.25) is 0 Å². The third kappa shape index (κ3) is 4.60. The van der Waals surface area contributed by atoms with Crippen molar-refractivity contribution in [2.75, 3.05) is 41.7 Å². The highest BCUT2D eigenvalue weighted by Gasteiger charge is 2.17. The standard InChI is InChI=1S/C9H18N2S4/c1-9-14-6-11(7-15-9)3-2-10-4-12-8-13-5-10/h9H,2-8H2,1H3. The smallest absolute Gasteiger partial charge is 0.0500 e. The van der Waals surface area contributed by atoms with Gasteiger partial charge in [0.1, 0.15) is 0 Å². The highest BCUT2D eigenvalue weighted by molar-refractivity contribution is 8.17. The molecule has 0 radical (unpaired) electrons. The Morgan fingerprint density at radius 3 is 2.07 bits per heavy atom. The predicted molar refractivity (Wildman–Crippen MR) is 77.6 cm³/mol. The van der Waals surface area contributed by atoms with E-state index in [0.29, 0.717) is 0 Å². The zero-order chi connectivity index (χ0) is 10.5. The molecule has 2 aliphatic heterocycles. The topological polar surface area (TPSA) is 6.48 Å². The minimum Gasteiger partial charge on any atom is -0.284 e. The van der Waals surface area contributed by atoms with E-state index in [1.165, 1.54) is 41.7 Å². The summed E-state index contributed by atoms with van der Waals surface area (Å²) in [6.07, 6.45) is 0. The zero-order valence-corrected chi connectivity index (χ0v) is 12.3. The number of thioether (sulfide) groups is 4. The monoisotopic (exact) mass is 282 g/mol. The van der Waals surface area contributed by atoms with Gasteiger partial charge in [0.25, 0.3) is 0 Å². The molecule has 15 heavy (non-hydrogen) atoms. The summed E-state index contributed by atoms with van der Waals surface area (Å²) in [5, 5.41) is 1.28. The van der Waals surface area contributed by atoms with E-state index in [2.05, 4.69) is 40.2 Å².